The Balaban J connectivity index is 2.06. The first-order valence-electron chi connectivity index (χ1n) is 11.0. The van der Waals surface area contributed by atoms with Crippen LogP contribution in [0, 0.1) is 0 Å². The van der Waals surface area contributed by atoms with Gasteiger partial charge in [-0.05, 0) is 77.9 Å². The number of benzene rings is 3. The average Bonchev–Trinajstić information content (AvgIpc) is 2.73. The van der Waals surface area contributed by atoms with Gasteiger partial charge in [0.2, 0.25) is 4.90 Å². The minimum Gasteiger partial charge on any atom is -0.488 e. The minimum absolute atomic E-state index is 0.162. The second-order valence-electron chi connectivity index (χ2n) is 9.63. The topological polar surface area (TPSA) is 44.8 Å². The smallest absolute Gasteiger partial charge is 0.344 e. The van der Waals surface area contributed by atoms with Gasteiger partial charge in [-0.3, -0.25) is 0 Å². The van der Waals surface area contributed by atoms with Gasteiger partial charge in [0.15, 0.2) is 22.1 Å². The Hall–Kier alpha value is -2.92. The quantitative estimate of drug-likeness (QED) is 0.288. The van der Waals surface area contributed by atoms with Gasteiger partial charge in [-0.1, -0.05) is 36.4 Å². The van der Waals surface area contributed by atoms with E-state index in [-0.39, 0.29) is 12.2 Å². The molecule has 0 spiro atoms. The highest BCUT2D eigenvalue weighted by Gasteiger charge is 2.33. The van der Waals surface area contributed by atoms with Crippen molar-refractivity contribution < 1.29 is 19.0 Å². The van der Waals surface area contributed by atoms with E-state index >= 15 is 0 Å². The fourth-order valence-electron chi connectivity index (χ4n) is 3.20. The van der Waals surface area contributed by atoms with E-state index in [9.17, 15) is 4.79 Å². The van der Waals surface area contributed by atoms with Crippen molar-refractivity contribution in [1.82, 2.24) is 0 Å². The maximum Gasteiger partial charge on any atom is 0.344 e. The fourth-order valence-corrected chi connectivity index (χ4v) is 5.40. The lowest BCUT2D eigenvalue weighted by atomic mass is 10.2. The molecule has 0 radical (unpaired) electrons. The molecule has 0 unspecified atom stereocenters. The summed E-state index contributed by atoms with van der Waals surface area (Å²) in [6, 6.07) is 26.4. The SMILES string of the molecule is CC(C)(C)OC(=O)COc1ccc(OC(C)(C)C)cc1[S+](c1ccccc1)c1ccccc1. The summed E-state index contributed by atoms with van der Waals surface area (Å²) in [5.41, 5.74) is -0.902. The third kappa shape index (κ3) is 7.57. The van der Waals surface area contributed by atoms with Crippen LogP contribution in [0.1, 0.15) is 41.5 Å². The van der Waals surface area contributed by atoms with Crippen molar-refractivity contribution in [3.8, 4) is 11.5 Å². The van der Waals surface area contributed by atoms with Gasteiger partial charge in [0.25, 0.3) is 0 Å². The first kappa shape index (κ1) is 24.7. The predicted molar refractivity (Wildman–Crippen MR) is 133 cm³/mol. The molecule has 0 saturated carbocycles. The Morgan fingerprint density at radius 2 is 1.30 bits per heavy atom. The van der Waals surface area contributed by atoms with Crippen LogP contribution in [0.4, 0.5) is 0 Å². The van der Waals surface area contributed by atoms with Gasteiger partial charge >= 0.3 is 5.97 Å². The number of hydrogen-bond donors (Lipinski definition) is 0. The monoisotopic (exact) mass is 465 g/mol. The van der Waals surface area contributed by atoms with E-state index in [0.717, 1.165) is 20.4 Å². The molecule has 0 atom stereocenters. The predicted octanol–water partition coefficient (Wildman–Crippen LogP) is 6.68. The molecule has 3 aromatic carbocycles. The molecule has 0 aromatic heterocycles. The molecule has 0 N–H and O–H groups in total. The molecule has 0 aliphatic carbocycles. The van der Waals surface area contributed by atoms with Crippen LogP contribution in [-0.4, -0.2) is 23.8 Å². The zero-order chi connectivity index (χ0) is 24.1. The van der Waals surface area contributed by atoms with E-state index in [4.69, 9.17) is 14.2 Å². The summed E-state index contributed by atoms with van der Waals surface area (Å²) in [7, 11) is -0.456. The van der Waals surface area contributed by atoms with Gasteiger partial charge in [0.1, 0.15) is 27.8 Å². The fraction of sp³-hybridized carbons (Fsp3) is 0.321. The highest BCUT2D eigenvalue weighted by atomic mass is 32.2. The standard InChI is InChI=1S/C28H33O4S/c1-27(2,3)31-21-17-18-24(30-20-26(29)32-28(4,5)6)25(19-21)33(22-13-9-7-10-14-22)23-15-11-8-12-16-23/h7-19H,20H2,1-6H3/q+1. The molecule has 0 bridgehead atoms. The van der Waals surface area contributed by atoms with Crippen LogP contribution in [0.15, 0.2) is 93.5 Å². The van der Waals surface area contributed by atoms with Gasteiger partial charge in [-0.15, -0.1) is 0 Å². The minimum atomic E-state index is -0.563. The first-order valence-corrected chi connectivity index (χ1v) is 12.3. The summed E-state index contributed by atoms with van der Waals surface area (Å²) in [5.74, 6) is 0.993. The van der Waals surface area contributed by atoms with Crippen molar-refractivity contribution in [2.75, 3.05) is 6.61 Å². The molecule has 0 aliphatic rings. The molecule has 0 aliphatic heterocycles. The number of ether oxygens (including phenoxy) is 3. The van der Waals surface area contributed by atoms with E-state index in [0.29, 0.717) is 5.75 Å². The van der Waals surface area contributed by atoms with Gasteiger partial charge in [0, 0.05) is 6.07 Å². The summed E-state index contributed by atoms with van der Waals surface area (Å²) >= 11 is 0. The molecule has 4 nitrogen and oxygen atoms in total. The van der Waals surface area contributed by atoms with Crippen LogP contribution in [0.25, 0.3) is 0 Å². The van der Waals surface area contributed by atoms with Crippen LogP contribution in [0.5, 0.6) is 11.5 Å². The molecule has 174 valence electrons. The Morgan fingerprint density at radius 1 is 0.758 bits per heavy atom. The van der Waals surface area contributed by atoms with E-state index in [1.165, 1.54) is 0 Å². The van der Waals surface area contributed by atoms with Gasteiger partial charge < -0.3 is 14.2 Å². The van der Waals surface area contributed by atoms with Crippen LogP contribution in [0.3, 0.4) is 0 Å². The number of esters is 1. The summed E-state index contributed by atoms with van der Waals surface area (Å²) in [4.78, 5) is 15.6. The van der Waals surface area contributed by atoms with Gasteiger partial charge in [0.05, 0.1) is 0 Å². The molecular formula is C28H33O4S+. The molecule has 0 heterocycles. The van der Waals surface area contributed by atoms with Crippen molar-refractivity contribution in [1.29, 1.82) is 0 Å². The van der Waals surface area contributed by atoms with E-state index in [2.05, 4.69) is 24.3 Å². The van der Waals surface area contributed by atoms with Crippen LogP contribution >= 0.6 is 0 Å². The maximum absolute atomic E-state index is 12.3. The van der Waals surface area contributed by atoms with Crippen molar-refractivity contribution >= 4 is 16.9 Å². The Bertz CT molecular complexity index is 1010. The normalized spacial score (nSPS) is 11.8. The summed E-state index contributed by atoms with van der Waals surface area (Å²) in [6.45, 7) is 11.4. The van der Waals surface area contributed by atoms with Crippen molar-refractivity contribution in [2.24, 2.45) is 0 Å². The highest BCUT2D eigenvalue weighted by molar-refractivity contribution is 7.97. The summed E-state index contributed by atoms with van der Waals surface area (Å²) in [6.07, 6.45) is 0. The van der Waals surface area contributed by atoms with Crippen molar-refractivity contribution in [3.63, 3.8) is 0 Å². The second kappa shape index (κ2) is 10.3. The van der Waals surface area contributed by atoms with E-state index < -0.39 is 22.5 Å². The van der Waals surface area contributed by atoms with Gasteiger partial charge in [-0.25, -0.2) is 4.79 Å². The van der Waals surface area contributed by atoms with Crippen LogP contribution in [-0.2, 0) is 20.4 Å². The summed E-state index contributed by atoms with van der Waals surface area (Å²) < 4.78 is 17.6. The van der Waals surface area contributed by atoms with Crippen molar-refractivity contribution in [2.45, 2.75) is 67.4 Å². The number of carbonyl (C=O) groups is 1. The Labute approximate surface area is 200 Å². The third-order valence-electron chi connectivity index (χ3n) is 4.28. The zero-order valence-electron chi connectivity index (χ0n) is 20.3. The molecule has 5 heteroatoms. The number of carbonyl (C=O) groups excluding carboxylic acids is 1. The summed E-state index contributed by atoms with van der Waals surface area (Å²) in [5, 5.41) is 0. The average molecular weight is 466 g/mol. The largest absolute Gasteiger partial charge is 0.488 e. The number of hydrogen-bond acceptors (Lipinski definition) is 4. The van der Waals surface area contributed by atoms with Gasteiger partial charge in [-0.2, -0.15) is 0 Å². The number of rotatable bonds is 7. The third-order valence-corrected chi connectivity index (χ3v) is 6.53. The lowest BCUT2D eigenvalue weighted by Crippen LogP contribution is -2.27. The molecular weight excluding hydrogens is 432 g/mol. The lowest BCUT2D eigenvalue weighted by Gasteiger charge is -2.22. The first-order chi connectivity index (χ1) is 15.5. The lowest BCUT2D eigenvalue weighted by molar-refractivity contribution is -0.157. The molecule has 3 aromatic rings. The highest BCUT2D eigenvalue weighted by Crippen LogP contribution is 2.39. The molecule has 0 saturated heterocycles. The molecule has 3 rings (SSSR count). The van der Waals surface area contributed by atoms with Crippen molar-refractivity contribution in [3.05, 3.63) is 78.9 Å². The molecule has 33 heavy (non-hydrogen) atoms. The zero-order valence-corrected chi connectivity index (χ0v) is 21.1. The Morgan fingerprint density at radius 3 is 1.79 bits per heavy atom. The van der Waals surface area contributed by atoms with Crippen LogP contribution < -0.4 is 9.47 Å². The maximum atomic E-state index is 12.3. The van der Waals surface area contributed by atoms with E-state index in [1.54, 1.807) is 0 Å². The second-order valence-corrected chi connectivity index (χ2v) is 11.6. The van der Waals surface area contributed by atoms with E-state index in [1.807, 2.05) is 96.1 Å². The molecule has 0 amide bonds. The van der Waals surface area contributed by atoms with Crippen LogP contribution in [0.2, 0.25) is 0 Å². The Kier molecular flexibility index (Phi) is 7.75. The molecule has 0 fully saturated rings.